The molecule has 7 nitrogen and oxygen atoms in total. The van der Waals surface area contributed by atoms with Crippen LogP contribution in [-0.2, 0) is 6.54 Å². The van der Waals surface area contributed by atoms with Gasteiger partial charge < -0.3 is 25.3 Å². The van der Waals surface area contributed by atoms with E-state index in [0.717, 1.165) is 11.3 Å². The molecule has 0 aliphatic heterocycles. The summed E-state index contributed by atoms with van der Waals surface area (Å²) in [4.78, 5) is 8.67. The largest absolute Gasteiger partial charge is 0.497 e. The Bertz CT molecular complexity index is 1050. The molecule has 0 amide bonds. The van der Waals surface area contributed by atoms with Crippen molar-refractivity contribution in [2.24, 2.45) is 10.7 Å². The summed E-state index contributed by atoms with van der Waals surface area (Å²) in [6.45, 7) is 4.49. The maximum absolute atomic E-state index is 6.06. The molecule has 30 heavy (non-hydrogen) atoms. The summed E-state index contributed by atoms with van der Waals surface area (Å²) in [5, 5.41) is 3.05. The van der Waals surface area contributed by atoms with E-state index in [1.807, 2.05) is 43.3 Å². The van der Waals surface area contributed by atoms with Crippen LogP contribution in [0, 0.1) is 13.8 Å². The van der Waals surface area contributed by atoms with Crippen LogP contribution in [0.15, 0.2) is 59.7 Å². The number of benzene rings is 2. The third-order valence-electron chi connectivity index (χ3n) is 4.60. The minimum atomic E-state index is 0.259. The quantitative estimate of drug-likeness (QED) is 0.445. The predicted octanol–water partition coefficient (Wildman–Crippen LogP) is 4.43. The fourth-order valence-electron chi connectivity index (χ4n) is 2.77. The van der Waals surface area contributed by atoms with Gasteiger partial charge in [0.15, 0.2) is 5.96 Å². The molecule has 0 aliphatic rings. The monoisotopic (exact) mass is 406 g/mol. The zero-order valence-electron chi connectivity index (χ0n) is 17.6. The Kier molecular flexibility index (Phi) is 6.75. The molecular formula is C23H26N4O3. The third kappa shape index (κ3) is 5.41. The SMILES string of the molecule is COc1ccc(OC)c(NC(N)=NCc2ccnc(Oc3ccc(C)c(C)c3)c2)c1. The minimum absolute atomic E-state index is 0.259. The van der Waals surface area contributed by atoms with Crippen molar-refractivity contribution < 1.29 is 14.2 Å². The second-order valence-electron chi connectivity index (χ2n) is 6.74. The van der Waals surface area contributed by atoms with Gasteiger partial charge in [-0.25, -0.2) is 9.98 Å². The highest BCUT2D eigenvalue weighted by atomic mass is 16.5. The van der Waals surface area contributed by atoms with Gasteiger partial charge in [-0.3, -0.25) is 0 Å². The topological polar surface area (TPSA) is 91.0 Å². The average Bonchev–Trinajstić information content (AvgIpc) is 2.75. The van der Waals surface area contributed by atoms with E-state index in [1.165, 1.54) is 11.1 Å². The summed E-state index contributed by atoms with van der Waals surface area (Å²) in [7, 11) is 3.19. The Morgan fingerprint density at radius 2 is 1.77 bits per heavy atom. The average molecular weight is 406 g/mol. The summed E-state index contributed by atoms with van der Waals surface area (Å²) in [6, 6.07) is 15.1. The molecule has 7 heteroatoms. The van der Waals surface area contributed by atoms with Gasteiger partial charge in [-0.05, 0) is 60.9 Å². The van der Waals surface area contributed by atoms with Gasteiger partial charge in [0.05, 0.1) is 26.5 Å². The first kappa shape index (κ1) is 21.0. The number of hydrogen-bond donors (Lipinski definition) is 2. The fraction of sp³-hybridized carbons (Fsp3) is 0.217. The molecule has 0 radical (unpaired) electrons. The van der Waals surface area contributed by atoms with Crippen LogP contribution in [0.2, 0.25) is 0 Å². The summed E-state index contributed by atoms with van der Waals surface area (Å²) < 4.78 is 16.5. The second kappa shape index (κ2) is 9.65. The van der Waals surface area contributed by atoms with Gasteiger partial charge in [-0.2, -0.15) is 0 Å². The van der Waals surface area contributed by atoms with Gasteiger partial charge in [0.2, 0.25) is 5.88 Å². The molecule has 0 atom stereocenters. The fourth-order valence-corrected chi connectivity index (χ4v) is 2.77. The molecule has 3 N–H and O–H groups in total. The van der Waals surface area contributed by atoms with Crippen molar-refractivity contribution in [3.63, 3.8) is 0 Å². The van der Waals surface area contributed by atoms with Crippen LogP contribution in [0.4, 0.5) is 5.69 Å². The van der Waals surface area contributed by atoms with E-state index in [0.29, 0.717) is 29.6 Å². The van der Waals surface area contributed by atoms with Gasteiger partial charge in [0.25, 0.3) is 0 Å². The lowest BCUT2D eigenvalue weighted by Crippen LogP contribution is -2.23. The first-order valence-corrected chi connectivity index (χ1v) is 9.47. The Labute approximate surface area is 176 Å². The van der Waals surface area contributed by atoms with Crippen molar-refractivity contribution in [3.05, 3.63) is 71.4 Å². The van der Waals surface area contributed by atoms with Gasteiger partial charge in [-0.15, -0.1) is 0 Å². The van der Waals surface area contributed by atoms with Crippen LogP contribution >= 0.6 is 0 Å². The van der Waals surface area contributed by atoms with Crippen LogP contribution in [0.5, 0.6) is 23.1 Å². The molecule has 1 aromatic heterocycles. The van der Waals surface area contributed by atoms with E-state index in [-0.39, 0.29) is 5.96 Å². The highest BCUT2D eigenvalue weighted by Gasteiger charge is 2.07. The lowest BCUT2D eigenvalue weighted by molar-refractivity contribution is 0.405. The first-order chi connectivity index (χ1) is 14.5. The van der Waals surface area contributed by atoms with Crippen LogP contribution in [0.3, 0.4) is 0 Å². The number of hydrogen-bond acceptors (Lipinski definition) is 5. The second-order valence-corrected chi connectivity index (χ2v) is 6.74. The highest BCUT2D eigenvalue weighted by molar-refractivity contribution is 5.94. The number of pyridine rings is 1. The molecule has 156 valence electrons. The number of aromatic nitrogens is 1. The molecule has 0 fully saturated rings. The highest BCUT2D eigenvalue weighted by Crippen LogP contribution is 2.28. The summed E-state index contributed by atoms with van der Waals surface area (Å²) in [6.07, 6.45) is 1.69. The maximum Gasteiger partial charge on any atom is 0.219 e. The van der Waals surface area contributed by atoms with Gasteiger partial charge >= 0.3 is 0 Å². The van der Waals surface area contributed by atoms with E-state index in [1.54, 1.807) is 32.5 Å². The first-order valence-electron chi connectivity index (χ1n) is 9.47. The van der Waals surface area contributed by atoms with Crippen molar-refractivity contribution in [2.75, 3.05) is 19.5 Å². The van der Waals surface area contributed by atoms with E-state index in [2.05, 4.69) is 22.2 Å². The summed E-state index contributed by atoms with van der Waals surface area (Å²) >= 11 is 0. The van der Waals surface area contributed by atoms with Crippen molar-refractivity contribution in [3.8, 4) is 23.1 Å². The zero-order valence-corrected chi connectivity index (χ0v) is 17.6. The van der Waals surface area contributed by atoms with Crippen molar-refractivity contribution in [1.82, 2.24) is 4.98 Å². The predicted molar refractivity (Wildman–Crippen MR) is 119 cm³/mol. The minimum Gasteiger partial charge on any atom is -0.497 e. The number of aryl methyl sites for hydroxylation is 2. The van der Waals surface area contributed by atoms with Crippen LogP contribution < -0.4 is 25.3 Å². The number of methoxy groups -OCH3 is 2. The molecular weight excluding hydrogens is 380 g/mol. The molecule has 1 heterocycles. The van der Waals surface area contributed by atoms with Crippen molar-refractivity contribution >= 4 is 11.6 Å². The lowest BCUT2D eigenvalue weighted by atomic mass is 10.1. The molecule has 3 aromatic rings. The van der Waals surface area contributed by atoms with E-state index in [4.69, 9.17) is 19.9 Å². The summed E-state index contributed by atoms with van der Waals surface area (Å²) in [5.74, 6) is 2.84. The van der Waals surface area contributed by atoms with E-state index in [9.17, 15) is 0 Å². The van der Waals surface area contributed by atoms with E-state index < -0.39 is 0 Å². The van der Waals surface area contributed by atoms with E-state index >= 15 is 0 Å². The molecule has 0 saturated carbocycles. The zero-order chi connectivity index (χ0) is 21.5. The number of guanidine groups is 1. The Morgan fingerprint density at radius 3 is 2.50 bits per heavy atom. The third-order valence-corrected chi connectivity index (χ3v) is 4.60. The standard InChI is InChI=1S/C23H26N4O3/c1-15-5-6-19(11-16(15)2)30-22-12-17(9-10-25-22)14-26-23(24)27-20-13-18(28-3)7-8-21(20)29-4/h5-13H,14H2,1-4H3,(H3,24,26,27). The Morgan fingerprint density at radius 1 is 0.967 bits per heavy atom. The van der Waals surface area contributed by atoms with Gasteiger partial charge in [0.1, 0.15) is 17.2 Å². The number of nitrogens with two attached hydrogens (primary N) is 1. The molecule has 2 aromatic carbocycles. The molecule has 0 bridgehead atoms. The molecule has 0 saturated heterocycles. The molecule has 0 aliphatic carbocycles. The number of aliphatic imine (C=N–C) groups is 1. The maximum atomic E-state index is 6.06. The Hall–Kier alpha value is -3.74. The summed E-state index contributed by atoms with van der Waals surface area (Å²) in [5.41, 5.74) is 10.0. The van der Waals surface area contributed by atoms with Crippen LogP contribution in [-0.4, -0.2) is 25.2 Å². The van der Waals surface area contributed by atoms with Gasteiger partial charge in [0, 0.05) is 18.3 Å². The lowest BCUT2D eigenvalue weighted by Gasteiger charge is -2.12. The number of nitrogens with one attached hydrogen (secondary N) is 1. The van der Waals surface area contributed by atoms with Crippen LogP contribution in [0.25, 0.3) is 0 Å². The molecule has 3 rings (SSSR count). The number of ether oxygens (including phenoxy) is 3. The number of nitrogens with zero attached hydrogens (tertiary/aromatic N) is 2. The number of anilines is 1. The van der Waals surface area contributed by atoms with Crippen LogP contribution in [0.1, 0.15) is 16.7 Å². The van der Waals surface area contributed by atoms with Crippen molar-refractivity contribution in [1.29, 1.82) is 0 Å². The normalized spacial score (nSPS) is 11.1. The number of rotatable bonds is 7. The molecule has 0 unspecified atom stereocenters. The van der Waals surface area contributed by atoms with Crippen molar-refractivity contribution in [2.45, 2.75) is 20.4 Å². The Balaban J connectivity index is 1.68. The smallest absolute Gasteiger partial charge is 0.219 e. The molecule has 0 spiro atoms. The van der Waals surface area contributed by atoms with Gasteiger partial charge in [-0.1, -0.05) is 6.07 Å².